The summed E-state index contributed by atoms with van der Waals surface area (Å²) in [6.07, 6.45) is 8.75. The molecule has 1 saturated carbocycles. The van der Waals surface area contributed by atoms with E-state index in [1.54, 1.807) is 0 Å². The quantitative estimate of drug-likeness (QED) is 0.561. The minimum Gasteiger partial charge on any atom is -0.0654 e. The third-order valence-corrected chi connectivity index (χ3v) is 3.39. The molecule has 0 aromatic heterocycles. The van der Waals surface area contributed by atoms with Crippen molar-refractivity contribution in [2.45, 2.75) is 66.2 Å². The third-order valence-electron chi connectivity index (χ3n) is 3.39. The molecule has 0 saturated heterocycles. The molecule has 1 rings (SSSR count). The Labute approximate surface area is 84.1 Å². The van der Waals surface area contributed by atoms with Crippen molar-refractivity contribution in [2.75, 3.05) is 0 Å². The Morgan fingerprint density at radius 2 is 1.85 bits per heavy atom. The van der Waals surface area contributed by atoms with Gasteiger partial charge in [0.05, 0.1) is 0 Å². The maximum atomic E-state index is 2.47. The van der Waals surface area contributed by atoms with Gasteiger partial charge in [-0.25, -0.2) is 0 Å². The first-order valence-electron chi connectivity index (χ1n) is 6.06. The van der Waals surface area contributed by atoms with Crippen molar-refractivity contribution >= 4 is 0 Å². The van der Waals surface area contributed by atoms with Crippen LogP contribution in [0.5, 0.6) is 0 Å². The molecular formula is C13H26. The van der Waals surface area contributed by atoms with E-state index >= 15 is 0 Å². The smallest absolute Gasteiger partial charge is 0.0323 e. The van der Waals surface area contributed by atoms with Gasteiger partial charge in [0.1, 0.15) is 0 Å². The highest BCUT2D eigenvalue weighted by atomic mass is 14.4. The van der Waals surface area contributed by atoms with Crippen molar-refractivity contribution in [3.63, 3.8) is 0 Å². The van der Waals surface area contributed by atoms with Crippen LogP contribution in [-0.2, 0) is 0 Å². The second-order valence-corrected chi connectivity index (χ2v) is 5.80. The van der Waals surface area contributed by atoms with E-state index in [1.807, 2.05) is 0 Å². The summed E-state index contributed by atoms with van der Waals surface area (Å²) < 4.78 is 0. The fraction of sp³-hybridized carbons (Fsp3) is 1.00. The first-order chi connectivity index (χ1) is 6.06. The summed E-state index contributed by atoms with van der Waals surface area (Å²) in [6.45, 7) is 9.51. The average Bonchev–Trinajstić information content (AvgIpc) is 2.66. The van der Waals surface area contributed by atoms with Crippen LogP contribution in [0.15, 0.2) is 0 Å². The highest BCUT2D eigenvalue weighted by Crippen LogP contribution is 2.51. The molecule has 0 heterocycles. The normalized spacial score (nSPS) is 21.9. The molecule has 0 N–H and O–H groups in total. The van der Waals surface area contributed by atoms with Crippen LogP contribution in [0, 0.1) is 17.3 Å². The van der Waals surface area contributed by atoms with Gasteiger partial charge in [-0.3, -0.25) is 0 Å². The van der Waals surface area contributed by atoms with Gasteiger partial charge in [-0.15, -0.1) is 0 Å². The summed E-state index contributed by atoms with van der Waals surface area (Å²) in [4.78, 5) is 0. The van der Waals surface area contributed by atoms with Crippen molar-refractivity contribution < 1.29 is 0 Å². The van der Waals surface area contributed by atoms with Gasteiger partial charge in [0, 0.05) is 0 Å². The zero-order valence-electron chi connectivity index (χ0n) is 9.90. The first kappa shape index (κ1) is 11.1. The van der Waals surface area contributed by atoms with Gasteiger partial charge >= 0.3 is 0 Å². The van der Waals surface area contributed by atoms with Gasteiger partial charge in [0.15, 0.2) is 0 Å². The van der Waals surface area contributed by atoms with Crippen molar-refractivity contribution in [1.82, 2.24) is 0 Å². The second-order valence-electron chi connectivity index (χ2n) is 5.80. The minimum atomic E-state index is 0.759. The molecule has 0 radical (unpaired) electrons. The largest absolute Gasteiger partial charge is 0.0654 e. The Balaban J connectivity index is 2.28. The molecule has 1 fully saturated rings. The Kier molecular flexibility index (Phi) is 3.82. The third kappa shape index (κ3) is 4.15. The van der Waals surface area contributed by atoms with Crippen LogP contribution in [-0.4, -0.2) is 0 Å². The van der Waals surface area contributed by atoms with Gasteiger partial charge < -0.3 is 0 Å². The summed E-state index contributed by atoms with van der Waals surface area (Å²) in [7, 11) is 0. The molecule has 0 aromatic rings. The Morgan fingerprint density at radius 3 is 2.23 bits per heavy atom. The predicted molar refractivity (Wildman–Crippen MR) is 59.8 cm³/mol. The van der Waals surface area contributed by atoms with E-state index in [9.17, 15) is 0 Å². The van der Waals surface area contributed by atoms with Crippen molar-refractivity contribution in [2.24, 2.45) is 17.3 Å². The molecule has 1 aliphatic carbocycles. The number of hydrogen-bond acceptors (Lipinski definition) is 0. The molecular weight excluding hydrogens is 156 g/mol. The van der Waals surface area contributed by atoms with E-state index in [-0.39, 0.29) is 0 Å². The highest BCUT2D eigenvalue weighted by molar-refractivity contribution is 4.90. The summed E-state index contributed by atoms with van der Waals surface area (Å²) in [5, 5.41) is 0. The lowest BCUT2D eigenvalue weighted by atomic mass is 9.84. The fourth-order valence-corrected chi connectivity index (χ4v) is 2.49. The Hall–Kier alpha value is 0. The molecule has 0 amide bonds. The molecule has 0 nitrogen and oxygen atoms in total. The topological polar surface area (TPSA) is 0 Å². The van der Waals surface area contributed by atoms with Crippen LogP contribution in [0.25, 0.3) is 0 Å². The average molecular weight is 182 g/mol. The molecule has 13 heavy (non-hydrogen) atoms. The van der Waals surface area contributed by atoms with Gasteiger partial charge in [-0.05, 0) is 42.9 Å². The maximum Gasteiger partial charge on any atom is -0.0323 e. The van der Waals surface area contributed by atoms with Crippen LogP contribution >= 0.6 is 0 Å². The standard InChI is InChI=1S/C13H26/c1-5-6-12(9-11(2)3)10-13(4)7-8-13/h11-12H,5-10H2,1-4H3. The van der Waals surface area contributed by atoms with E-state index in [0.717, 1.165) is 17.3 Å². The molecule has 1 aliphatic rings. The number of hydrogen-bond donors (Lipinski definition) is 0. The summed E-state index contributed by atoms with van der Waals surface area (Å²) in [6, 6.07) is 0. The zero-order chi connectivity index (χ0) is 9.90. The molecule has 0 spiro atoms. The van der Waals surface area contributed by atoms with Crippen LogP contribution < -0.4 is 0 Å². The highest BCUT2D eigenvalue weighted by Gasteiger charge is 2.38. The van der Waals surface area contributed by atoms with Gasteiger partial charge in [0.25, 0.3) is 0 Å². The van der Waals surface area contributed by atoms with Gasteiger partial charge in [-0.1, -0.05) is 40.5 Å². The Morgan fingerprint density at radius 1 is 1.23 bits per heavy atom. The molecule has 1 unspecified atom stereocenters. The van der Waals surface area contributed by atoms with Crippen LogP contribution in [0.3, 0.4) is 0 Å². The molecule has 0 aromatic carbocycles. The SMILES string of the molecule is CCCC(CC(C)C)CC1(C)CC1. The molecule has 78 valence electrons. The summed E-state index contributed by atoms with van der Waals surface area (Å²) >= 11 is 0. The van der Waals surface area contributed by atoms with Crippen LogP contribution in [0.1, 0.15) is 66.2 Å². The van der Waals surface area contributed by atoms with Gasteiger partial charge in [0.2, 0.25) is 0 Å². The summed E-state index contributed by atoms with van der Waals surface area (Å²) in [5.74, 6) is 1.90. The van der Waals surface area contributed by atoms with E-state index in [0.29, 0.717) is 0 Å². The monoisotopic (exact) mass is 182 g/mol. The van der Waals surface area contributed by atoms with E-state index in [2.05, 4.69) is 27.7 Å². The molecule has 0 heteroatoms. The van der Waals surface area contributed by atoms with Crippen molar-refractivity contribution in [1.29, 1.82) is 0 Å². The van der Waals surface area contributed by atoms with Crippen LogP contribution in [0.2, 0.25) is 0 Å². The van der Waals surface area contributed by atoms with Gasteiger partial charge in [-0.2, -0.15) is 0 Å². The first-order valence-corrected chi connectivity index (χ1v) is 6.06. The predicted octanol–water partition coefficient (Wildman–Crippen LogP) is 4.64. The lowest BCUT2D eigenvalue weighted by Crippen LogP contribution is -2.09. The number of rotatable bonds is 6. The van der Waals surface area contributed by atoms with E-state index in [4.69, 9.17) is 0 Å². The Bertz CT molecular complexity index is 142. The second kappa shape index (κ2) is 4.48. The van der Waals surface area contributed by atoms with Crippen LogP contribution in [0.4, 0.5) is 0 Å². The van der Waals surface area contributed by atoms with Crippen molar-refractivity contribution in [3.8, 4) is 0 Å². The van der Waals surface area contributed by atoms with E-state index in [1.165, 1.54) is 38.5 Å². The summed E-state index contributed by atoms with van der Waals surface area (Å²) in [5.41, 5.74) is 0.759. The molecule has 1 atom stereocenters. The molecule has 0 aliphatic heterocycles. The lowest BCUT2D eigenvalue weighted by molar-refractivity contribution is 0.302. The minimum absolute atomic E-state index is 0.759. The van der Waals surface area contributed by atoms with Crippen molar-refractivity contribution in [3.05, 3.63) is 0 Å². The lowest BCUT2D eigenvalue weighted by Gasteiger charge is -2.21. The fourth-order valence-electron chi connectivity index (χ4n) is 2.49. The maximum absolute atomic E-state index is 2.47. The van der Waals surface area contributed by atoms with E-state index < -0.39 is 0 Å². The zero-order valence-corrected chi connectivity index (χ0v) is 9.90. The molecule has 0 bridgehead atoms.